The van der Waals surface area contributed by atoms with Crippen LogP contribution in [0.3, 0.4) is 0 Å². The molecule has 0 atom stereocenters. The van der Waals surface area contributed by atoms with E-state index in [0.29, 0.717) is 5.69 Å². The number of hydrogen-bond acceptors (Lipinski definition) is 2. The van der Waals surface area contributed by atoms with E-state index in [1.165, 1.54) is 25.0 Å². The van der Waals surface area contributed by atoms with Crippen molar-refractivity contribution in [3.05, 3.63) is 24.0 Å². The molecule has 1 aromatic carbocycles. The molecule has 0 saturated heterocycles. The van der Waals surface area contributed by atoms with E-state index in [9.17, 15) is 4.39 Å². The van der Waals surface area contributed by atoms with Crippen LogP contribution in [-0.4, -0.2) is 13.6 Å². The number of anilines is 2. The highest BCUT2D eigenvalue weighted by Crippen LogP contribution is 2.32. The highest BCUT2D eigenvalue weighted by Gasteiger charge is 2.23. The van der Waals surface area contributed by atoms with Crippen molar-refractivity contribution in [2.75, 3.05) is 24.2 Å². The van der Waals surface area contributed by atoms with E-state index in [-0.39, 0.29) is 5.82 Å². The van der Waals surface area contributed by atoms with Gasteiger partial charge in [-0.05, 0) is 37.0 Å². The molecule has 2 rings (SSSR count). The van der Waals surface area contributed by atoms with Crippen molar-refractivity contribution < 1.29 is 4.39 Å². The van der Waals surface area contributed by atoms with Crippen LogP contribution < -0.4 is 10.6 Å². The van der Waals surface area contributed by atoms with Gasteiger partial charge in [-0.15, -0.1) is 0 Å². The topological polar surface area (TPSA) is 29.3 Å². The van der Waals surface area contributed by atoms with Crippen LogP contribution in [0.25, 0.3) is 0 Å². The number of nitrogen functional groups attached to an aromatic ring is 1. The Bertz CT molecular complexity index is 334. The quantitative estimate of drug-likeness (QED) is 0.748. The third-order valence-electron chi connectivity index (χ3n) is 2.63. The summed E-state index contributed by atoms with van der Waals surface area (Å²) in [5.41, 5.74) is 7.19. The van der Waals surface area contributed by atoms with E-state index in [0.717, 1.165) is 18.2 Å². The van der Waals surface area contributed by atoms with E-state index in [1.807, 2.05) is 7.05 Å². The Hall–Kier alpha value is -1.25. The molecule has 1 aliphatic carbocycles. The van der Waals surface area contributed by atoms with Crippen molar-refractivity contribution >= 4 is 11.4 Å². The molecule has 1 saturated carbocycles. The largest absolute Gasteiger partial charge is 0.397 e. The van der Waals surface area contributed by atoms with E-state index in [2.05, 4.69) is 4.90 Å². The third kappa shape index (κ3) is 1.97. The lowest BCUT2D eigenvalue weighted by atomic mass is 10.2. The van der Waals surface area contributed by atoms with Gasteiger partial charge in [-0.3, -0.25) is 0 Å². The molecular weight excluding hydrogens is 179 g/mol. The SMILES string of the molecule is CN(CC1CC1)c1ccc(F)cc1N. The van der Waals surface area contributed by atoms with Gasteiger partial charge in [0, 0.05) is 13.6 Å². The average Bonchev–Trinajstić information content (AvgIpc) is 2.87. The summed E-state index contributed by atoms with van der Waals surface area (Å²) in [5, 5.41) is 0. The zero-order valence-electron chi connectivity index (χ0n) is 8.33. The summed E-state index contributed by atoms with van der Waals surface area (Å²) in [6.07, 6.45) is 2.62. The minimum atomic E-state index is -0.272. The molecule has 0 bridgehead atoms. The molecule has 0 aromatic heterocycles. The molecule has 1 fully saturated rings. The molecule has 14 heavy (non-hydrogen) atoms. The van der Waals surface area contributed by atoms with Crippen molar-refractivity contribution in [3.8, 4) is 0 Å². The fraction of sp³-hybridized carbons (Fsp3) is 0.455. The second-order valence-corrected chi connectivity index (χ2v) is 4.03. The Labute approximate surface area is 83.5 Å². The fourth-order valence-corrected chi connectivity index (χ4v) is 1.66. The van der Waals surface area contributed by atoms with Gasteiger partial charge in [-0.1, -0.05) is 0 Å². The summed E-state index contributed by atoms with van der Waals surface area (Å²) in [4.78, 5) is 2.10. The standard InChI is InChI=1S/C11H15FN2/c1-14(7-8-2-3-8)11-5-4-9(12)6-10(11)13/h4-6,8H,2-3,7,13H2,1H3. The highest BCUT2D eigenvalue weighted by molar-refractivity contribution is 5.67. The van der Waals surface area contributed by atoms with Crippen molar-refractivity contribution in [1.29, 1.82) is 0 Å². The summed E-state index contributed by atoms with van der Waals surface area (Å²) < 4.78 is 12.8. The Morgan fingerprint density at radius 3 is 2.79 bits per heavy atom. The predicted molar refractivity (Wildman–Crippen MR) is 56.8 cm³/mol. The Balaban J connectivity index is 2.13. The van der Waals surface area contributed by atoms with E-state index < -0.39 is 0 Å². The van der Waals surface area contributed by atoms with E-state index in [4.69, 9.17) is 5.73 Å². The second-order valence-electron chi connectivity index (χ2n) is 4.03. The van der Waals surface area contributed by atoms with Crippen LogP contribution in [0.2, 0.25) is 0 Å². The molecule has 0 heterocycles. The lowest BCUT2D eigenvalue weighted by Gasteiger charge is -2.20. The summed E-state index contributed by atoms with van der Waals surface area (Å²) in [7, 11) is 2.00. The maximum Gasteiger partial charge on any atom is 0.125 e. The molecule has 0 aliphatic heterocycles. The molecule has 2 nitrogen and oxygen atoms in total. The molecule has 76 valence electrons. The van der Waals surface area contributed by atoms with Crippen molar-refractivity contribution in [2.45, 2.75) is 12.8 Å². The molecule has 0 spiro atoms. The average molecular weight is 194 g/mol. The number of nitrogens with two attached hydrogens (primary N) is 1. The minimum absolute atomic E-state index is 0.272. The first-order valence-corrected chi connectivity index (χ1v) is 4.93. The van der Waals surface area contributed by atoms with Gasteiger partial charge in [0.05, 0.1) is 11.4 Å². The molecule has 0 unspecified atom stereocenters. The fourth-order valence-electron chi connectivity index (χ4n) is 1.66. The Morgan fingerprint density at radius 2 is 2.21 bits per heavy atom. The maximum absolute atomic E-state index is 12.8. The summed E-state index contributed by atoms with van der Waals surface area (Å²) in [5.74, 6) is 0.538. The molecule has 3 heteroatoms. The molecule has 1 aromatic rings. The van der Waals surface area contributed by atoms with Gasteiger partial charge in [0.1, 0.15) is 5.82 Å². The molecule has 0 radical (unpaired) electrons. The van der Waals surface area contributed by atoms with Crippen LogP contribution >= 0.6 is 0 Å². The number of rotatable bonds is 3. The zero-order valence-corrected chi connectivity index (χ0v) is 8.33. The molecule has 1 aliphatic rings. The van der Waals surface area contributed by atoms with Crippen molar-refractivity contribution in [1.82, 2.24) is 0 Å². The predicted octanol–water partition coefficient (Wildman–Crippen LogP) is 2.25. The van der Waals surface area contributed by atoms with Crippen molar-refractivity contribution in [3.63, 3.8) is 0 Å². The van der Waals surface area contributed by atoms with Gasteiger partial charge in [-0.25, -0.2) is 4.39 Å². The zero-order chi connectivity index (χ0) is 10.1. The van der Waals surface area contributed by atoms with Gasteiger partial charge in [-0.2, -0.15) is 0 Å². The summed E-state index contributed by atoms with van der Waals surface area (Å²) in [6.45, 7) is 1.02. The Morgan fingerprint density at radius 1 is 1.50 bits per heavy atom. The lowest BCUT2D eigenvalue weighted by Crippen LogP contribution is -2.21. The van der Waals surface area contributed by atoms with E-state index in [1.54, 1.807) is 6.07 Å². The maximum atomic E-state index is 12.8. The van der Waals surface area contributed by atoms with Crippen LogP contribution in [0.1, 0.15) is 12.8 Å². The first kappa shape index (κ1) is 9.31. The van der Waals surface area contributed by atoms with Crippen LogP contribution in [0.15, 0.2) is 18.2 Å². The van der Waals surface area contributed by atoms with Gasteiger partial charge >= 0.3 is 0 Å². The van der Waals surface area contributed by atoms with Gasteiger partial charge in [0.2, 0.25) is 0 Å². The van der Waals surface area contributed by atoms with Gasteiger partial charge in [0.15, 0.2) is 0 Å². The van der Waals surface area contributed by atoms with Gasteiger partial charge < -0.3 is 10.6 Å². The number of nitrogens with zero attached hydrogens (tertiary/aromatic N) is 1. The number of halogens is 1. The third-order valence-corrected chi connectivity index (χ3v) is 2.63. The molecule has 2 N–H and O–H groups in total. The first-order chi connectivity index (χ1) is 6.66. The van der Waals surface area contributed by atoms with Crippen LogP contribution in [0.4, 0.5) is 15.8 Å². The first-order valence-electron chi connectivity index (χ1n) is 4.93. The van der Waals surface area contributed by atoms with Crippen molar-refractivity contribution in [2.24, 2.45) is 5.92 Å². The summed E-state index contributed by atoms with van der Waals surface area (Å²) >= 11 is 0. The van der Waals surface area contributed by atoms with Crippen LogP contribution in [0, 0.1) is 11.7 Å². The lowest BCUT2D eigenvalue weighted by molar-refractivity contribution is 0.628. The normalized spacial score (nSPS) is 15.6. The molecular formula is C11H15FN2. The number of hydrogen-bond donors (Lipinski definition) is 1. The second kappa shape index (κ2) is 3.48. The Kier molecular flexibility index (Phi) is 2.32. The van der Waals surface area contributed by atoms with Crippen LogP contribution in [-0.2, 0) is 0 Å². The highest BCUT2D eigenvalue weighted by atomic mass is 19.1. The molecule has 0 amide bonds. The van der Waals surface area contributed by atoms with E-state index >= 15 is 0 Å². The van der Waals surface area contributed by atoms with Gasteiger partial charge in [0.25, 0.3) is 0 Å². The minimum Gasteiger partial charge on any atom is -0.397 e. The number of benzene rings is 1. The summed E-state index contributed by atoms with van der Waals surface area (Å²) in [6, 6.07) is 4.57. The monoisotopic (exact) mass is 194 g/mol. The smallest absolute Gasteiger partial charge is 0.125 e. The van der Waals surface area contributed by atoms with Crippen LogP contribution in [0.5, 0.6) is 0 Å².